The van der Waals surface area contributed by atoms with Crippen LogP contribution in [0, 0.1) is 0 Å². The topological polar surface area (TPSA) is 0 Å². The first-order valence-electron chi connectivity index (χ1n) is 1.69. The monoisotopic (exact) mass is 196 g/mol. The van der Waals surface area contributed by atoms with Crippen LogP contribution in [-0.2, 0) is 0 Å². The summed E-state index contributed by atoms with van der Waals surface area (Å²) in [6.45, 7) is 6.28. The summed E-state index contributed by atoms with van der Waals surface area (Å²) in [5, 5.41) is 0. The van der Waals surface area contributed by atoms with Crippen LogP contribution >= 0.6 is 35.9 Å². The van der Waals surface area contributed by atoms with Gasteiger partial charge in [0.15, 0.2) is 0 Å². The van der Waals surface area contributed by atoms with E-state index in [1.807, 2.05) is 0 Å². The normalized spacial score (nSPS) is 7.50. The molecule has 0 aromatic heterocycles. The maximum atomic E-state index is 5.67. The van der Waals surface area contributed by atoms with Gasteiger partial charge in [0.25, 0.3) is 0 Å². The molecule has 0 aromatic rings. The summed E-state index contributed by atoms with van der Waals surface area (Å²) < 4.78 is 0. The molecule has 0 saturated heterocycles. The average molecular weight is 198 g/mol. The van der Waals surface area contributed by atoms with Gasteiger partial charge in [0, 0.05) is 0 Å². The molecule has 0 aliphatic rings. The van der Waals surface area contributed by atoms with E-state index in [-0.39, 0.29) is 32.2 Å². The van der Waals surface area contributed by atoms with Gasteiger partial charge in [-0.2, -0.15) is 11.1 Å². The number of halogens is 3. The smallest absolute Gasteiger partial charge is 0.147 e. The zero-order chi connectivity index (χ0) is 4.50. The molecule has 4 heteroatoms. The van der Waals surface area contributed by atoms with Crippen molar-refractivity contribution in [1.29, 1.82) is 0 Å². The summed E-state index contributed by atoms with van der Waals surface area (Å²) in [5.41, 5.74) is 0. The van der Waals surface area contributed by atoms with Gasteiger partial charge in [-0.05, 0) is 0 Å². The zero-order valence-electron chi connectivity index (χ0n) is 4.69. The van der Waals surface area contributed by atoms with Crippen molar-refractivity contribution in [3.8, 4) is 0 Å². The summed E-state index contributed by atoms with van der Waals surface area (Å²) in [6.07, 6.45) is 0. The highest BCUT2D eigenvalue weighted by Gasteiger charge is 2.04. The van der Waals surface area contributed by atoms with E-state index in [9.17, 15) is 0 Å². The largest absolute Gasteiger partial charge is 0.168 e. The van der Waals surface area contributed by atoms with E-state index in [0.29, 0.717) is 0 Å². The average Bonchev–Trinajstić information content (AvgIpc) is 0.722. The highest BCUT2D eigenvalue weighted by Crippen LogP contribution is 2.03. The molecular formula is C4H15Cl3Si. The zero-order valence-corrected chi connectivity index (χ0v) is 8.08. The lowest BCUT2D eigenvalue weighted by Gasteiger charge is -1.97. The minimum Gasteiger partial charge on any atom is -0.168 e. The van der Waals surface area contributed by atoms with Gasteiger partial charge in [-0.25, -0.2) is 0 Å². The number of hydrogen-bond donors (Lipinski definition) is 0. The summed E-state index contributed by atoms with van der Waals surface area (Å²) in [6, 6.07) is 0. The van der Waals surface area contributed by atoms with Gasteiger partial charge >= 0.3 is 0 Å². The maximum Gasteiger partial charge on any atom is 0.147 e. The van der Waals surface area contributed by atoms with Crippen LogP contribution in [-0.4, -0.2) is 7.38 Å². The summed E-state index contributed by atoms with van der Waals surface area (Å²) in [4.78, 5) is 0. The Morgan fingerprint density at radius 1 is 1.00 bits per heavy atom. The van der Waals surface area contributed by atoms with Crippen molar-refractivity contribution in [2.45, 2.75) is 27.1 Å². The summed E-state index contributed by atoms with van der Waals surface area (Å²) in [7, 11) is -1.14. The second-order valence-corrected chi connectivity index (χ2v) is 9.60. The molecule has 0 N–H and O–H groups in total. The van der Waals surface area contributed by atoms with Crippen LogP contribution < -0.4 is 0 Å². The maximum absolute atomic E-state index is 5.67. The van der Waals surface area contributed by atoms with Crippen LogP contribution in [0.1, 0.15) is 7.43 Å². The fourth-order valence-electron chi connectivity index (χ4n) is 0. The molecule has 0 amide bonds. The van der Waals surface area contributed by atoms with E-state index in [2.05, 4.69) is 19.6 Å². The highest BCUT2D eigenvalue weighted by atomic mass is 35.6. The molecule has 0 radical (unpaired) electrons. The third kappa shape index (κ3) is 222. The lowest BCUT2D eigenvalue weighted by atomic mass is 11.8. The Morgan fingerprint density at radius 3 is 1.00 bits per heavy atom. The highest BCUT2D eigenvalue weighted by molar-refractivity contribution is 7.18. The van der Waals surface area contributed by atoms with Crippen molar-refractivity contribution in [2.75, 3.05) is 0 Å². The van der Waals surface area contributed by atoms with Crippen LogP contribution in [0.2, 0.25) is 19.6 Å². The fourth-order valence-corrected chi connectivity index (χ4v) is 0. The first kappa shape index (κ1) is 23.0. The molecule has 0 atom stereocenters. The van der Waals surface area contributed by atoms with E-state index in [0.717, 1.165) is 0 Å². The third-order valence-corrected chi connectivity index (χ3v) is 0. The van der Waals surface area contributed by atoms with Crippen LogP contribution in [0.15, 0.2) is 0 Å². The molecule has 0 spiro atoms. The van der Waals surface area contributed by atoms with Crippen molar-refractivity contribution >= 4 is 43.3 Å². The van der Waals surface area contributed by atoms with Crippen molar-refractivity contribution in [3.05, 3.63) is 0 Å². The van der Waals surface area contributed by atoms with Gasteiger partial charge < -0.3 is 0 Å². The molecule has 0 aliphatic carbocycles. The Morgan fingerprint density at radius 2 is 1.00 bits per heavy atom. The molecular weight excluding hydrogens is 182 g/mol. The van der Waals surface area contributed by atoms with E-state index in [1.165, 1.54) is 0 Å². The lowest BCUT2D eigenvalue weighted by Crippen LogP contribution is -2.06. The number of rotatable bonds is 0. The Bertz CT molecular complexity index is 26.8. The molecule has 0 aliphatic heterocycles. The van der Waals surface area contributed by atoms with Crippen molar-refractivity contribution in [3.63, 3.8) is 0 Å². The van der Waals surface area contributed by atoms with Gasteiger partial charge in [-0.3, -0.25) is 0 Å². The number of hydrogen-bond acceptors (Lipinski definition) is 0. The van der Waals surface area contributed by atoms with E-state index < -0.39 is 7.38 Å². The predicted octanol–water partition coefficient (Wildman–Crippen LogP) is 3.54. The van der Waals surface area contributed by atoms with Crippen molar-refractivity contribution in [2.24, 2.45) is 0 Å². The molecule has 56 valence electrons. The summed E-state index contributed by atoms with van der Waals surface area (Å²) >= 11 is 5.67. The first-order valence-corrected chi connectivity index (χ1v) is 6.20. The van der Waals surface area contributed by atoms with Crippen LogP contribution in [0.5, 0.6) is 0 Å². The molecule has 0 bridgehead atoms. The molecule has 0 aromatic carbocycles. The molecule has 0 nitrogen and oxygen atoms in total. The van der Waals surface area contributed by atoms with Crippen LogP contribution in [0.4, 0.5) is 0 Å². The summed E-state index contributed by atoms with van der Waals surface area (Å²) in [5.74, 6) is 0. The second-order valence-electron chi connectivity index (χ2n) is 2.07. The van der Waals surface area contributed by atoms with Gasteiger partial charge in [-0.15, -0.1) is 24.8 Å². The second kappa shape index (κ2) is 8.09. The Labute approximate surface area is 70.5 Å². The van der Waals surface area contributed by atoms with Gasteiger partial charge in [-0.1, -0.05) is 27.1 Å². The van der Waals surface area contributed by atoms with Gasteiger partial charge in [0.05, 0.1) is 0 Å². The lowest BCUT2D eigenvalue weighted by molar-refractivity contribution is 1.87. The Hall–Kier alpha value is 1.09. The van der Waals surface area contributed by atoms with Crippen LogP contribution in [0.25, 0.3) is 0 Å². The van der Waals surface area contributed by atoms with Crippen molar-refractivity contribution < 1.29 is 0 Å². The van der Waals surface area contributed by atoms with E-state index >= 15 is 0 Å². The molecule has 0 saturated carbocycles. The van der Waals surface area contributed by atoms with Crippen molar-refractivity contribution in [1.82, 2.24) is 0 Å². The standard InChI is InChI=1S/C3H9ClSi.CH4.2ClH/c1-5(2,3)4;;;/h1-3H3;1H4;2*1H. The van der Waals surface area contributed by atoms with E-state index in [1.54, 1.807) is 0 Å². The fraction of sp³-hybridized carbons (Fsp3) is 1.00. The van der Waals surface area contributed by atoms with E-state index in [4.69, 9.17) is 11.1 Å². The predicted molar refractivity (Wildman–Crippen MR) is 50.4 cm³/mol. The van der Waals surface area contributed by atoms with Gasteiger partial charge in [0.1, 0.15) is 7.38 Å². The third-order valence-electron chi connectivity index (χ3n) is 0. The molecule has 8 heavy (non-hydrogen) atoms. The van der Waals surface area contributed by atoms with Gasteiger partial charge in [0.2, 0.25) is 0 Å². The first-order chi connectivity index (χ1) is 2.00. The molecule has 0 heterocycles. The Balaban J connectivity index is -0.0000000267. The minimum atomic E-state index is -1.14. The Kier molecular flexibility index (Phi) is 23.2. The molecule has 0 fully saturated rings. The SMILES string of the molecule is C.C[Si](C)(C)Cl.Cl.Cl. The molecule has 0 rings (SSSR count). The quantitative estimate of drug-likeness (QED) is 0.412. The molecule has 0 unspecified atom stereocenters. The minimum absolute atomic E-state index is 0. The van der Waals surface area contributed by atoms with Crippen LogP contribution in [0.3, 0.4) is 0 Å².